The lowest BCUT2D eigenvalue weighted by Crippen LogP contribution is -2.34. The van der Waals surface area contributed by atoms with Crippen LogP contribution < -0.4 is 11.1 Å². The summed E-state index contributed by atoms with van der Waals surface area (Å²) in [5.41, 5.74) is 5.21. The van der Waals surface area contributed by atoms with Crippen LogP contribution in [0.25, 0.3) is 0 Å². The van der Waals surface area contributed by atoms with Gasteiger partial charge >= 0.3 is 0 Å². The molecule has 0 saturated carbocycles. The van der Waals surface area contributed by atoms with Crippen LogP contribution in [-0.4, -0.2) is 42.5 Å². The fraction of sp³-hybridized carbons (Fsp3) is 0.750. The van der Waals surface area contributed by atoms with Crippen LogP contribution in [0.4, 0.5) is 0 Å². The molecule has 0 atom stereocenters. The van der Waals surface area contributed by atoms with Gasteiger partial charge in [-0.25, -0.2) is 0 Å². The predicted molar refractivity (Wildman–Crippen MR) is 57.6 cm³/mol. The third-order valence-electron chi connectivity index (χ3n) is 1.69. The molecule has 1 amide bonds. The summed E-state index contributed by atoms with van der Waals surface area (Å²) in [6.45, 7) is 4.54. The molecule has 0 aromatic rings. The number of likely N-dealkylation sites (N-methyl/N-ethyl adjacent to an activating group) is 1. The summed E-state index contributed by atoms with van der Waals surface area (Å²) in [7, 11) is 2.00. The highest BCUT2D eigenvalue weighted by Gasteiger charge is 2.02. The molecule has 0 aliphatic heterocycles. The molecule has 3 N–H and O–H groups in total. The second kappa shape index (κ2) is 6.80. The molecular weight excluding hydrogens is 186 g/mol. The van der Waals surface area contributed by atoms with Crippen LogP contribution in [0.15, 0.2) is 0 Å². The average molecular weight is 203 g/mol. The third kappa shape index (κ3) is 7.67. The molecule has 13 heavy (non-hydrogen) atoms. The lowest BCUT2D eigenvalue weighted by Gasteiger charge is -2.13. The molecule has 0 aliphatic carbocycles. The molecule has 0 saturated heterocycles. The Labute approximate surface area is 84.5 Å². The highest BCUT2D eigenvalue weighted by molar-refractivity contribution is 7.80. The normalized spacial score (nSPS) is 10.1. The first-order valence-electron chi connectivity index (χ1n) is 4.29. The first-order chi connectivity index (χ1) is 6.06. The minimum Gasteiger partial charge on any atom is -0.393 e. The predicted octanol–water partition coefficient (Wildman–Crippen LogP) is -0.269. The van der Waals surface area contributed by atoms with Gasteiger partial charge in [0.25, 0.3) is 0 Å². The highest BCUT2D eigenvalue weighted by Crippen LogP contribution is 1.81. The minimum absolute atomic E-state index is 0.1000. The van der Waals surface area contributed by atoms with E-state index in [4.69, 9.17) is 5.73 Å². The van der Waals surface area contributed by atoms with Crippen molar-refractivity contribution in [1.82, 2.24) is 10.2 Å². The number of thiocarbonyl (C=S) groups is 1. The first-order valence-corrected chi connectivity index (χ1v) is 4.70. The van der Waals surface area contributed by atoms with Gasteiger partial charge in [0.05, 0.1) is 11.4 Å². The van der Waals surface area contributed by atoms with Gasteiger partial charge in [0.1, 0.15) is 0 Å². The number of nitrogens with zero attached hydrogens (tertiary/aromatic N) is 1. The monoisotopic (exact) mass is 203 g/mol. The number of nitrogens with two attached hydrogens (primary N) is 1. The Morgan fingerprint density at radius 2 is 2.23 bits per heavy atom. The van der Waals surface area contributed by atoms with Gasteiger partial charge in [-0.2, -0.15) is 0 Å². The van der Waals surface area contributed by atoms with E-state index >= 15 is 0 Å². The zero-order valence-corrected chi connectivity index (χ0v) is 8.99. The second-order valence-corrected chi connectivity index (χ2v) is 3.41. The largest absolute Gasteiger partial charge is 0.393 e. The second-order valence-electron chi connectivity index (χ2n) is 2.89. The SMILES string of the molecule is CCN(C)CCNC(=O)CC(N)=S. The molecule has 0 fully saturated rings. The summed E-state index contributed by atoms with van der Waals surface area (Å²) >= 11 is 4.60. The van der Waals surface area contributed by atoms with Gasteiger partial charge in [-0.05, 0) is 13.6 Å². The van der Waals surface area contributed by atoms with Crippen molar-refractivity contribution in [2.24, 2.45) is 5.73 Å². The van der Waals surface area contributed by atoms with Crippen molar-refractivity contribution in [2.45, 2.75) is 13.3 Å². The van der Waals surface area contributed by atoms with E-state index in [0.29, 0.717) is 6.54 Å². The van der Waals surface area contributed by atoms with Crippen molar-refractivity contribution >= 4 is 23.1 Å². The zero-order valence-electron chi connectivity index (χ0n) is 8.17. The molecule has 4 nitrogen and oxygen atoms in total. The summed E-state index contributed by atoms with van der Waals surface area (Å²) in [5, 5.41) is 2.73. The number of carbonyl (C=O) groups is 1. The van der Waals surface area contributed by atoms with Crippen LogP contribution in [-0.2, 0) is 4.79 Å². The minimum atomic E-state index is -0.1000. The van der Waals surface area contributed by atoms with Crippen LogP contribution in [0.1, 0.15) is 13.3 Å². The van der Waals surface area contributed by atoms with Crippen LogP contribution >= 0.6 is 12.2 Å². The van der Waals surface area contributed by atoms with E-state index in [2.05, 4.69) is 29.4 Å². The molecule has 76 valence electrons. The molecule has 0 aromatic heterocycles. The van der Waals surface area contributed by atoms with Gasteiger partial charge < -0.3 is 16.0 Å². The number of rotatable bonds is 6. The Bertz CT molecular complexity index is 184. The Hall–Kier alpha value is -0.680. The van der Waals surface area contributed by atoms with Crippen molar-refractivity contribution in [1.29, 1.82) is 0 Å². The van der Waals surface area contributed by atoms with Gasteiger partial charge in [-0.15, -0.1) is 0 Å². The Kier molecular flexibility index (Phi) is 6.44. The van der Waals surface area contributed by atoms with Gasteiger partial charge in [-0.3, -0.25) is 4.79 Å². The molecule has 0 unspecified atom stereocenters. The smallest absolute Gasteiger partial charge is 0.226 e. The molecule has 0 aliphatic rings. The fourth-order valence-corrected chi connectivity index (χ4v) is 0.896. The van der Waals surface area contributed by atoms with E-state index in [9.17, 15) is 4.79 Å². The summed E-state index contributed by atoms with van der Waals surface area (Å²) < 4.78 is 0. The number of nitrogens with one attached hydrogen (secondary N) is 1. The van der Waals surface area contributed by atoms with Crippen LogP contribution in [0.2, 0.25) is 0 Å². The van der Waals surface area contributed by atoms with Crippen molar-refractivity contribution in [3.05, 3.63) is 0 Å². The topological polar surface area (TPSA) is 58.4 Å². The van der Waals surface area contributed by atoms with E-state index in [1.54, 1.807) is 0 Å². The van der Waals surface area contributed by atoms with Crippen molar-refractivity contribution in [3.8, 4) is 0 Å². The Morgan fingerprint density at radius 3 is 2.69 bits per heavy atom. The van der Waals surface area contributed by atoms with Gasteiger partial charge in [-0.1, -0.05) is 19.1 Å². The Morgan fingerprint density at radius 1 is 1.62 bits per heavy atom. The molecule has 0 rings (SSSR count). The van der Waals surface area contributed by atoms with E-state index in [1.807, 2.05) is 7.05 Å². The summed E-state index contributed by atoms with van der Waals surface area (Å²) in [6.07, 6.45) is 0.144. The highest BCUT2D eigenvalue weighted by atomic mass is 32.1. The molecular formula is C8H17N3OS. The quantitative estimate of drug-likeness (QED) is 0.584. The van der Waals surface area contributed by atoms with E-state index in [-0.39, 0.29) is 17.3 Å². The van der Waals surface area contributed by atoms with Crippen LogP contribution in [0, 0.1) is 0 Å². The maximum absolute atomic E-state index is 11.0. The number of hydrogen-bond donors (Lipinski definition) is 2. The van der Waals surface area contributed by atoms with Crippen molar-refractivity contribution in [2.75, 3.05) is 26.7 Å². The average Bonchev–Trinajstić information content (AvgIpc) is 2.02. The fourth-order valence-electron chi connectivity index (χ4n) is 0.765. The van der Waals surface area contributed by atoms with Crippen LogP contribution in [0.5, 0.6) is 0 Å². The summed E-state index contributed by atoms with van der Waals surface area (Å²) in [4.78, 5) is 13.4. The van der Waals surface area contributed by atoms with E-state index < -0.39 is 0 Å². The number of carbonyl (C=O) groups excluding carboxylic acids is 1. The molecule has 0 bridgehead atoms. The molecule has 0 radical (unpaired) electrons. The summed E-state index contributed by atoms with van der Waals surface area (Å²) in [6, 6.07) is 0. The van der Waals surface area contributed by atoms with Crippen molar-refractivity contribution in [3.63, 3.8) is 0 Å². The molecule has 5 heteroatoms. The summed E-state index contributed by atoms with van der Waals surface area (Å²) in [5.74, 6) is -0.1000. The molecule has 0 heterocycles. The lowest BCUT2D eigenvalue weighted by molar-refractivity contribution is -0.119. The van der Waals surface area contributed by atoms with E-state index in [0.717, 1.165) is 13.1 Å². The molecule has 0 spiro atoms. The maximum atomic E-state index is 11.0. The Balaban J connectivity index is 3.42. The van der Waals surface area contributed by atoms with Gasteiger partial charge in [0.2, 0.25) is 5.91 Å². The lowest BCUT2D eigenvalue weighted by atomic mass is 10.4. The third-order valence-corrected chi connectivity index (χ3v) is 1.83. The number of amides is 1. The van der Waals surface area contributed by atoms with Crippen LogP contribution in [0.3, 0.4) is 0 Å². The first kappa shape index (κ1) is 12.3. The maximum Gasteiger partial charge on any atom is 0.226 e. The zero-order chi connectivity index (χ0) is 10.3. The number of hydrogen-bond acceptors (Lipinski definition) is 3. The van der Waals surface area contributed by atoms with E-state index in [1.165, 1.54) is 0 Å². The standard InChI is InChI=1S/C8H17N3OS/c1-3-11(2)5-4-10-8(12)6-7(9)13/h3-6H2,1-2H3,(H2,9,13)(H,10,12). The van der Waals surface area contributed by atoms with Gasteiger partial charge in [0, 0.05) is 13.1 Å². The van der Waals surface area contributed by atoms with Crippen molar-refractivity contribution < 1.29 is 4.79 Å². The molecule has 0 aromatic carbocycles. The van der Waals surface area contributed by atoms with Gasteiger partial charge in [0.15, 0.2) is 0 Å².